The van der Waals surface area contributed by atoms with Crippen LogP contribution in [0.15, 0.2) is 4.99 Å². The topological polar surface area (TPSA) is 24.4 Å². The molecule has 1 aliphatic heterocycles. The first-order valence-corrected chi connectivity index (χ1v) is 6.44. The van der Waals surface area contributed by atoms with E-state index in [1.807, 2.05) is 11.8 Å². The fourth-order valence-electron chi connectivity index (χ4n) is 1.15. The van der Waals surface area contributed by atoms with E-state index in [0.717, 1.165) is 17.3 Å². The van der Waals surface area contributed by atoms with Gasteiger partial charge in [0.2, 0.25) is 0 Å². The van der Waals surface area contributed by atoms with E-state index >= 15 is 0 Å². The molecule has 1 fully saturated rings. The van der Waals surface area contributed by atoms with E-state index in [2.05, 4.69) is 44.9 Å². The van der Waals surface area contributed by atoms with Crippen molar-refractivity contribution in [2.45, 2.75) is 52.6 Å². The zero-order valence-corrected chi connectivity index (χ0v) is 10.7. The highest BCUT2D eigenvalue weighted by Crippen LogP contribution is 2.26. The maximum Gasteiger partial charge on any atom is 0.157 e. The molecule has 0 spiro atoms. The lowest BCUT2D eigenvalue weighted by Crippen LogP contribution is -2.40. The van der Waals surface area contributed by atoms with Gasteiger partial charge in [0.25, 0.3) is 0 Å². The lowest BCUT2D eigenvalue weighted by atomic mass is 10.0. The van der Waals surface area contributed by atoms with Gasteiger partial charge in [-0.1, -0.05) is 32.5 Å². The second-order valence-electron chi connectivity index (χ2n) is 4.75. The smallest absolute Gasteiger partial charge is 0.157 e. The molecule has 1 saturated heterocycles. The minimum absolute atomic E-state index is 0.264. The van der Waals surface area contributed by atoms with E-state index in [9.17, 15) is 0 Å². The third-order valence-electron chi connectivity index (χ3n) is 3.00. The van der Waals surface area contributed by atoms with Crippen molar-refractivity contribution in [1.29, 1.82) is 0 Å². The minimum Gasteiger partial charge on any atom is -0.359 e. The van der Waals surface area contributed by atoms with Crippen molar-refractivity contribution in [3.8, 4) is 0 Å². The Bertz CT molecular complexity index is 225. The van der Waals surface area contributed by atoms with E-state index < -0.39 is 0 Å². The summed E-state index contributed by atoms with van der Waals surface area (Å²) in [6.45, 7) is 11.1. The van der Waals surface area contributed by atoms with Crippen molar-refractivity contribution in [2.24, 2.45) is 10.9 Å². The first-order chi connectivity index (χ1) is 6.47. The highest BCUT2D eigenvalue weighted by atomic mass is 32.2. The average Bonchev–Trinajstić information content (AvgIpc) is 2.48. The zero-order valence-electron chi connectivity index (χ0n) is 9.92. The molecule has 0 aromatic heterocycles. The summed E-state index contributed by atoms with van der Waals surface area (Å²) in [5.74, 6) is 1.77. The quantitative estimate of drug-likeness (QED) is 0.781. The molecule has 14 heavy (non-hydrogen) atoms. The monoisotopic (exact) mass is 214 g/mol. The van der Waals surface area contributed by atoms with Crippen LogP contribution in [0.25, 0.3) is 0 Å². The number of hydrogen-bond donors (Lipinski definition) is 1. The molecule has 0 aromatic carbocycles. The SMILES string of the molecule is CCC1(C)CSC(=NC(C)C(C)C)N1. The van der Waals surface area contributed by atoms with Crippen LogP contribution in [0, 0.1) is 5.92 Å². The van der Waals surface area contributed by atoms with Crippen molar-refractivity contribution in [2.75, 3.05) is 5.75 Å². The standard InChI is InChI=1S/C11H22N2S/c1-6-11(5)7-14-10(13-11)12-9(4)8(2)3/h8-9H,6-7H2,1-5H3,(H,12,13). The van der Waals surface area contributed by atoms with Crippen LogP contribution in [0.3, 0.4) is 0 Å². The van der Waals surface area contributed by atoms with E-state index in [1.165, 1.54) is 0 Å². The average molecular weight is 214 g/mol. The number of aliphatic imine (C=N–C) groups is 1. The Morgan fingerprint density at radius 1 is 1.50 bits per heavy atom. The number of nitrogens with one attached hydrogen (secondary N) is 1. The van der Waals surface area contributed by atoms with E-state index in [0.29, 0.717) is 12.0 Å². The lowest BCUT2D eigenvalue weighted by Gasteiger charge is -2.21. The Morgan fingerprint density at radius 2 is 2.14 bits per heavy atom. The van der Waals surface area contributed by atoms with Crippen LogP contribution in [0.1, 0.15) is 41.0 Å². The second-order valence-corrected chi connectivity index (χ2v) is 5.71. The van der Waals surface area contributed by atoms with Crippen LogP contribution in [0.2, 0.25) is 0 Å². The number of amidine groups is 1. The lowest BCUT2D eigenvalue weighted by molar-refractivity contribution is 0.462. The molecule has 2 nitrogen and oxygen atoms in total. The van der Waals surface area contributed by atoms with E-state index in [1.54, 1.807) is 0 Å². The fourth-order valence-corrected chi connectivity index (χ4v) is 2.44. The number of hydrogen-bond acceptors (Lipinski definition) is 2. The summed E-state index contributed by atoms with van der Waals surface area (Å²) >= 11 is 1.86. The predicted octanol–water partition coefficient (Wildman–Crippen LogP) is 2.89. The molecule has 0 saturated carbocycles. The number of rotatable bonds is 3. The second kappa shape index (κ2) is 4.56. The first kappa shape index (κ1) is 11.9. The molecule has 1 N–H and O–H groups in total. The third kappa shape index (κ3) is 2.91. The fraction of sp³-hybridized carbons (Fsp3) is 0.909. The third-order valence-corrected chi connectivity index (χ3v) is 4.26. The van der Waals surface area contributed by atoms with Gasteiger partial charge in [0, 0.05) is 11.3 Å². The normalized spacial score (nSPS) is 32.3. The Balaban J connectivity index is 2.57. The summed E-state index contributed by atoms with van der Waals surface area (Å²) in [6, 6.07) is 0.421. The van der Waals surface area contributed by atoms with Gasteiger partial charge in [-0.25, -0.2) is 0 Å². The Hall–Kier alpha value is -0.180. The molecule has 0 aliphatic carbocycles. The summed E-state index contributed by atoms with van der Waals surface area (Å²) in [7, 11) is 0. The molecule has 2 unspecified atom stereocenters. The first-order valence-electron chi connectivity index (χ1n) is 5.45. The highest BCUT2D eigenvalue weighted by Gasteiger charge is 2.30. The van der Waals surface area contributed by atoms with Crippen molar-refractivity contribution in [1.82, 2.24) is 5.32 Å². The molecular formula is C11H22N2S. The molecule has 0 radical (unpaired) electrons. The van der Waals surface area contributed by atoms with Crippen molar-refractivity contribution in [3.63, 3.8) is 0 Å². The molecule has 3 heteroatoms. The van der Waals surface area contributed by atoms with Crippen molar-refractivity contribution < 1.29 is 0 Å². The zero-order chi connectivity index (χ0) is 10.8. The van der Waals surface area contributed by atoms with Gasteiger partial charge in [0.15, 0.2) is 5.17 Å². The van der Waals surface area contributed by atoms with Crippen molar-refractivity contribution in [3.05, 3.63) is 0 Å². The summed E-state index contributed by atoms with van der Waals surface area (Å²) in [6.07, 6.45) is 1.16. The van der Waals surface area contributed by atoms with Gasteiger partial charge in [0.1, 0.15) is 0 Å². The summed E-state index contributed by atoms with van der Waals surface area (Å²) in [5, 5.41) is 4.65. The molecule has 0 aromatic rings. The van der Waals surface area contributed by atoms with Crippen molar-refractivity contribution >= 4 is 16.9 Å². The molecule has 0 bridgehead atoms. The molecule has 1 heterocycles. The Morgan fingerprint density at radius 3 is 2.57 bits per heavy atom. The summed E-state index contributed by atoms with van der Waals surface area (Å²) in [5.41, 5.74) is 0.264. The summed E-state index contributed by atoms with van der Waals surface area (Å²) in [4.78, 5) is 4.69. The Labute approximate surface area is 92.0 Å². The van der Waals surface area contributed by atoms with Gasteiger partial charge in [0.05, 0.1) is 6.04 Å². The predicted molar refractivity (Wildman–Crippen MR) is 66.0 cm³/mol. The largest absolute Gasteiger partial charge is 0.359 e. The van der Waals surface area contributed by atoms with Gasteiger partial charge in [-0.15, -0.1) is 0 Å². The molecule has 0 amide bonds. The number of nitrogens with zero attached hydrogens (tertiary/aromatic N) is 1. The highest BCUT2D eigenvalue weighted by molar-refractivity contribution is 8.14. The van der Waals surface area contributed by atoms with Crippen LogP contribution >= 0.6 is 11.8 Å². The van der Waals surface area contributed by atoms with Crippen LogP contribution < -0.4 is 5.32 Å². The van der Waals surface area contributed by atoms with E-state index in [-0.39, 0.29) is 5.54 Å². The van der Waals surface area contributed by atoms with Crippen LogP contribution in [-0.2, 0) is 0 Å². The van der Waals surface area contributed by atoms with Crippen LogP contribution in [0.4, 0.5) is 0 Å². The van der Waals surface area contributed by atoms with Gasteiger partial charge in [-0.05, 0) is 26.2 Å². The van der Waals surface area contributed by atoms with Gasteiger partial charge in [-0.3, -0.25) is 4.99 Å². The number of thioether (sulfide) groups is 1. The minimum atomic E-state index is 0.264. The van der Waals surface area contributed by atoms with Crippen LogP contribution in [-0.4, -0.2) is 22.5 Å². The molecule has 1 aliphatic rings. The molecule has 82 valence electrons. The van der Waals surface area contributed by atoms with Gasteiger partial charge >= 0.3 is 0 Å². The molecular weight excluding hydrogens is 192 g/mol. The Kier molecular flexibility index (Phi) is 3.87. The molecule has 1 rings (SSSR count). The maximum atomic E-state index is 4.69. The summed E-state index contributed by atoms with van der Waals surface area (Å²) < 4.78 is 0. The maximum absolute atomic E-state index is 4.69. The van der Waals surface area contributed by atoms with Gasteiger partial charge < -0.3 is 5.32 Å². The van der Waals surface area contributed by atoms with Gasteiger partial charge in [-0.2, -0.15) is 0 Å². The molecule has 2 atom stereocenters. The van der Waals surface area contributed by atoms with Crippen LogP contribution in [0.5, 0.6) is 0 Å². The van der Waals surface area contributed by atoms with E-state index in [4.69, 9.17) is 0 Å².